The number of alkyl halides is 3. The van der Waals surface area contributed by atoms with Gasteiger partial charge in [0, 0.05) is 29.0 Å². The second-order valence-corrected chi connectivity index (χ2v) is 6.74. The van der Waals surface area contributed by atoms with E-state index < -0.39 is 12.1 Å². The minimum atomic E-state index is -5.08. The van der Waals surface area contributed by atoms with Crippen molar-refractivity contribution in [3.05, 3.63) is 82.1 Å². The van der Waals surface area contributed by atoms with E-state index in [1.807, 2.05) is 6.07 Å². The summed E-state index contributed by atoms with van der Waals surface area (Å²) in [6, 6.07) is 13.7. The third-order valence-electron chi connectivity index (χ3n) is 3.51. The first-order valence-electron chi connectivity index (χ1n) is 8.61. The van der Waals surface area contributed by atoms with Crippen LogP contribution in [0.5, 0.6) is 5.75 Å². The Balaban J connectivity index is 0.000000451. The molecule has 3 rings (SSSR count). The molecule has 0 aliphatic heterocycles. The van der Waals surface area contributed by atoms with Gasteiger partial charge in [-0.2, -0.15) is 13.2 Å². The lowest BCUT2D eigenvalue weighted by molar-refractivity contribution is -0.192. The van der Waals surface area contributed by atoms with Gasteiger partial charge in [0.2, 0.25) is 5.95 Å². The van der Waals surface area contributed by atoms with Crippen LogP contribution in [0.15, 0.2) is 60.9 Å². The minimum Gasteiger partial charge on any atom is -0.487 e. The molecule has 1 heterocycles. The van der Waals surface area contributed by atoms with Gasteiger partial charge >= 0.3 is 12.1 Å². The summed E-state index contributed by atoms with van der Waals surface area (Å²) in [6.45, 7) is 0.253. The van der Waals surface area contributed by atoms with Crippen LogP contribution in [0.2, 0.25) is 10.0 Å². The Morgan fingerprint density at radius 3 is 2.31 bits per heavy atom. The van der Waals surface area contributed by atoms with E-state index in [4.69, 9.17) is 37.8 Å². The van der Waals surface area contributed by atoms with Crippen LogP contribution in [0.3, 0.4) is 0 Å². The molecule has 0 radical (unpaired) electrons. The highest BCUT2D eigenvalue weighted by molar-refractivity contribution is 6.34. The van der Waals surface area contributed by atoms with Crippen molar-refractivity contribution < 1.29 is 32.6 Å². The zero-order chi connectivity index (χ0) is 23.7. The molecule has 0 aliphatic rings. The first-order valence-corrected chi connectivity index (χ1v) is 9.37. The maximum Gasteiger partial charge on any atom is 0.490 e. The SMILES string of the molecule is O=C(Nc1ncccn1)c1cccc(COc2cc(Cl)ccc2Cl)c1.O=C(O)C(F)(F)F. The van der Waals surface area contributed by atoms with E-state index in [-0.39, 0.29) is 18.5 Å². The molecular formula is C20H14Cl2F3N3O4. The fraction of sp³-hybridized carbons (Fsp3) is 0.100. The molecule has 0 spiro atoms. The van der Waals surface area contributed by atoms with E-state index in [1.54, 1.807) is 54.9 Å². The van der Waals surface area contributed by atoms with Gasteiger partial charge in [-0.3, -0.25) is 10.1 Å². The molecule has 0 saturated carbocycles. The third-order valence-corrected chi connectivity index (χ3v) is 4.06. The van der Waals surface area contributed by atoms with E-state index in [9.17, 15) is 18.0 Å². The predicted molar refractivity (Wildman–Crippen MR) is 111 cm³/mol. The van der Waals surface area contributed by atoms with Gasteiger partial charge in [-0.25, -0.2) is 14.8 Å². The lowest BCUT2D eigenvalue weighted by Gasteiger charge is -2.09. The number of carbonyl (C=O) groups is 2. The topological polar surface area (TPSA) is 101 Å². The Labute approximate surface area is 189 Å². The van der Waals surface area contributed by atoms with E-state index in [1.165, 1.54) is 0 Å². The summed E-state index contributed by atoms with van der Waals surface area (Å²) in [7, 11) is 0. The molecule has 12 heteroatoms. The van der Waals surface area contributed by atoms with Crippen molar-refractivity contribution in [1.82, 2.24) is 9.97 Å². The van der Waals surface area contributed by atoms with Gasteiger partial charge < -0.3 is 9.84 Å². The molecule has 0 bridgehead atoms. The van der Waals surface area contributed by atoms with Gasteiger partial charge in [-0.15, -0.1) is 0 Å². The van der Waals surface area contributed by atoms with Crippen LogP contribution in [-0.4, -0.2) is 33.1 Å². The Morgan fingerprint density at radius 2 is 1.69 bits per heavy atom. The van der Waals surface area contributed by atoms with Crippen molar-refractivity contribution in [2.24, 2.45) is 0 Å². The van der Waals surface area contributed by atoms with Crippen molar-refractivity contribution in [3.63, 3.8) is 0 Å². The van der Waals surface area contributed by atoms with Gasteiger partial charge in [-0.1, -0.05) is 35.3 Å². The number of nitrogens with one attached hydrogen (secondary N) is 1. The number of benzene rings is 2. The lowest BCUT2D eigenvalue weighted by atomic mass is 10.1. The fourth-order valence-corrected chi connectivity index (χ4v) is 2.42. The maximum absolute atomic E-state index is 12.3. The van der Waals surface area contributed by atoms with Crippen LogP contribution in [0, 0.1) is 0 Å². The fourth-order valence-electron chi connectivity index (χ4n) is 2.09. The van der Waals surface area contributed by atoms with Crippen molar-refractivity contribution in [3.8, 4) is 5.75 Å². The summed E-state index contributed by atoms with van der Waals surface area (Å²) in [5, 5.41) is 10.8. The van der Waals surface area contributed by atoms with Crippen LogP contribution in [0.1, 0.15) is 15.9 Å². The van der Waals surface area contributed by atoms with E-state index in [0.29, 0.717) is 21.4 Å². The number of carbonyl (C=O) groups excluding carboxylic acids is 1. The highest BCUT2D eigenvalue weighted by Gasteiger charge is 2.38. The number of rotatable bonds is 5. The largest absolute Gasteiger partial charge is 0.490 e. The number of aromatic nitrogens is 2. The normalized spacial score (nSPS) is 10.5. The number of nitrogens with zero attached hydrogens (tertiary/aromatic N) is 2. The number of hydrogen-bond acceptors (Lipinski definition) is 5. The van der Waals surface area contributed by atoms with Crippen LogP contribution in [0.25, 0.3) is 0 Å². The smallest absolute Gasteiger partial charge is 0.487 e. The molecule has 1 aromatic heterocycles. The molecule has 168 valence electrons. The molecule has 0 aliphatic carbocycles. The molecule has 3 aromatic rings. The summed E-state index contributed by atoms with van der Waals surface area (Å²) in [5.74, 6) is -2.32. The van der Waals surface area contributed by atoms with Crippen molar-refractivity contribution >= 4 is 41.0 Å². The van der Waals surface area contributed by atoms with Gasteiger partial charge in [-0.05, 0) is 35.9 Å². The van der Waals surface area contributed by atoms with Gasteiger partial charge in [0.05, 0.1) is 5.02 Å². The predicted octanol–water partition coefficient (Wildman–Crippen LogP) is 5.25. The number of ether oxygens (including phenoxy) is 1. The summed E-state index contributed by atoms with van der Waals surface area (Å²) in [4.78, 5) is 29.1. The second kappa shape index (κ2) is 11.3. The number of amides is 1. The summed E-state index contributed by atoms with van der Waals surface area (Å²) in [5.41, 5.74) is 1.29. The van der Waals surface area contributed by atoms with Crippen molar-refractivity contribution in [2.75, 3.05) is 5.32 Å². The van der Waals surface area contributed by atoms with Crippen LogP contribution in [-0.2, 0) is 11.4 Å². The van der Waals surface area contributed by atoms with Crippen LogP contribution >= 0.6 is 23.2 Å². The summed E-state index contributed by atoms with van der Waals surface area (Å²) < 4.78 is 37.4. The van der Waals surface area contributed by atoms with Gasteiger partial charge in [0.25, 0.3) is 5.91 Å². The summed E-state index contributed by atoms with van der Waals surface area (Å²) >= 11 is 12.0. The molecule has 2 aromatic carbocycles. The molecular weight excluding hydrogens is 474 g/mol. The molecule has 0 atom stereocenters. The first kappa shape index (κ1) is 24.9. The Bertz CT molecular complexity index is 1080. The van der Waals surface area contributed by atoms with Crippen molar-refractivity contribution in [1.29, 1.82) is 0 Å². The molecule has 0 unspecified atom stereocenters. The Hall–Kier alpha value is -3.37. The average molecular weight is 488 g/mol. The number of hydrogen-bond donors (Lipinski definition) is 2. The number of carboxylic acids is 1. The Kier molecular flexibility index (Phi) is 8.80. The molecule has 2 N–H and O–H groups in total. The Morgan fingerprint density at radius 1 is 1.03 bits per heavy atom. The number of anilines is 1. The van der Waals surface area contributed by atoms with E-state index in [2.05, 4.69) is 15.3 Å². The minimum absolute atomic E-state index is 0.250. The molecule has 7 nitrogen and oxygen atoms in total. The molecule has 0 fully saturated rings. The third kappa shape index (κ3) is 8.05. The van der Waals surface area contributed by atoms with Gasteiger partial charge in [0.1, 0.15) is 12.4 Å². The van der Waals surface area contributed by atoms with Crippen LogP contribution in [0.4, 0.5) is 19.1 Å². The van der Waals surface area contributed by atoms with Crippen molar-refractivity contribution in [2.45, 2.75) is 12.8 Å². The zero-order valence-corrected chi connectivity index (χ0v) is 17.4. The highest BCUT2D eigenvalue weighted by Crippen LogP contribution is 2.28. The quantitative estimate of drug-likeness (QED) is 0.509. The number of aliphatic carboxylic acids is 1. The lowest BCUT2D eigenvalue weighted by Crippen LogP contribution is -2.21. The monoisotopic (exact) mass is 487 g/mol. The number of halogens is 5. The van der Waals surface area contributed by atoms with E-state index in [0.717, 1.165) is 5.56 Å². The second-order valence-electron chi connectivity index (χ2n) is 5.89. The number of carboxylic acid groups (broad SMARTS) is 1. The molecule has 0 saturated heterocycles. The maximum atomic E-state index is 12.3. The molecule has 1 amide bonds. The average Bonchev–Trinajstić information content (AvgIpc) is 2.75. The van der Waals surface area contributed by atoms with Gasteiger partial charge in [0.15, 0.2) is 0 Å². The molecule has 32 heavy (non-hydrogen) atoms. The first-order chi connectivity index (χ1) is 15.1. The summed E-state index contributed by atoms with van der Waals surface area (Å²) in [6.07, 6.45) is -1.97. The zero-order valence-electron chi connectivity index (χ0n) is 15.9. The standard InChI is InChI=1S/C18H13Cl2N3O2.C2HF3O2/c19-14-5-6-15(20)16(10-14)25-11-12-3-1-4-13(9-12)17(24)23-18-21-7-2-8-22-18;3-2(4,5)1(6)7/h1-10H,11H2,(H,21,22,23,24);(H,6,7). The van der Waals surface area contributed by atoms with Crippen LogP contribution < -0.4 is 10.1 Å². The van der Waals surface area contributed by atoms with E-state index >= 15 is 0 Å². The highest BCUT2D eigenvalue weighted by atomic mass is 35.5.